The van der Waals surface area contributed by atoms with Gasteiger partial charge >= 0.3 is 0 Å². The van der Waals surface area contributed by atoms with Crippen molar-refractivity contribution in [2.45, 2.75) is 58.1 Å². The first-order chi connectivity index (χ1) is 8.43. The predicted molar refractivity (Wildman–Crippen MR) is 73.5 cm³/mol. The van der Waals surface area contributed by atoms with Crippen LogP contribution in [-0.2, 0) is 9.53 Å². The molecule has 18 heavy (non-hydrogen) atoms. The summed E-state index contributed by atoms with van der Waals surface area (Å²) >= 11 is 0. The third kappa shape index (κ3) is 5.83. The van der Waals surface area contributed by atoms with Crippen LogP contribution in [0.1, 0.15) is 46.5 Å². The molecule has 1 rings (SSSR count). The molecular weight excluding hydrogens is 228 g/mol. The van der Waals surface area contributed by atoms with Crippen molar-refractivity contribution in [3.63, 3.8) is 0 Å². The van der Waals surface area contributed by atoms with E-state index in [1.165, 1.54) is 6.42 Å². The summed E-state index contributed by atoms with van der Waals surface area (Å²) in [5.41, 5.74) is -0.179. The van der Waals surface area contributed by atoms with Crippen LogP contribution < -0.4 is 10.6 Å². The number of methoxy groups -OCH3 is 1. The van der Waals surface area contributed by atoms with Gasteiger partial charge in [-0.2, -0.15) is 0 Å². The normalized spacial score (nSPS) is 21.9. The maximum absolute atomic E-state index is 11.8. The fourth-order valence-electron chi connectivity index (χ4n) is 2.51. The van der Waals surface area contributed by atoms with Crippen LogP contribution in [0.4, 0.5) is 0 Å². The lowest BCUT2D eigenvalue weighted by atomic mass is 9.99. The summed E-state index contributed by atoms with van der Waals surface area (Å²) in [6.45, 7) is 8.29. The minimum Gasteiger partial charge on any atom is -0.379 e. The van der Waals surface area contributed by atoms with Crippen molar-refractivity contribution in [1.82, 2.24) is 10.6 Å². The summed E-state index contributed by atoms with van der Waals surface area (Å²) in [6.07, 6.45) is 3.68. The maximum Gasteiger partial charge on any atom is 0.220 e. The summed E-state index contributed by atoms with van der Waals surface area (Å²) in [5, 5.41) is 6.38. The number of ether oxygens (including phenoxy) is 1. The molecule has 4 nitrogen and oxygen atoms in total. The van der Waals surface area contributed by atoms with Gasteiger partial charge in [0.1, 0.15) is 0 Å². The van der Waals surface area contributed by atoms with Gasteiger partial charge in [-0.25, -0.2) is 0 Å². The largest absolute Gasteiger partial charge is 0.379 e. The monoisotopic (exact) mass is 256 g/mol. The van der Waals surface area contributed by atoms with E-state index in [9.17, 15) is 4.79 Å². The first kappa shape index (κ1) is 15.4. The van der Waals surface area contributed by atoms with E-state index < -0.39 is 0 Å². The zero-order valence-corrected chi connectivity index (χ0v) is 12.2. The van der Waals surface area contributed by atoms with Crippen LogP contribution in [0, 0.1) is 5.92 Å². The van der Waals surface area contributed by atoms with Crippen LogP contribution in [0.3, 0.4) is 0 Å². The Balaban J connectivity index is 2.18. The molecule has 106 valence electrons. The van der Waals surface area contributed by atoms with Crippen molar-refractivity contribution in [3.05, 3.63) is 0 Å². The fraction of sp³-hybridized carbons (Fsp3) is 0.929. The lowest BCUT2D eigenvalue weighted by molar-refractivity contribution is -0.122. The van der Waals surface area contributed by atoms with Crippen LogP contribution in [0.2, 0.25) is 0 Å². The van der Waals surface area contributed by atoms with E-state index >= 15 is 0 Å². The van der Waals surface area contributed by atoms with E-state index in [1.54, 1.807) is 7.11 Å². The molecular formula is C14H28N2O2. The Hall–Kier alpha value is -0.610. The van der Waals surface area contributed by atoms with Crippen LogP contribution in [0.25, 0.3) is 0 Å². The summed E-state index contributed by atoms with van der Waals surface area (Å²) < 4.78 is 5.37. The lowest BCUT2D eigenvalue weighted by Crippen LogP contribution is -2.39. The Labute approximate surface area is 111 Å². The molecule has 2 N–H and O–H groups in total. The van der Waals surface area contributed by atoms with Crippen molar-refractivity contribution < 1.29 is 9.53 Å². The highest BCUT2D eigenvalue weighted by Crippen LogP contribution is 2.16. The van der Waals surface area contributed by atoms with Gasteiger partial charge in [0, 0.05) is 19.6 Å². The second kappa shape index (κ2) is 7.10. The van der Waals surface area contributed by atoms with Gasteiger partial charge in [0.05, 0.1) is 5.60 Å². The molecule has 1 amide bonds. The molecule has 1 aliphatic rings. The average molecular weight is 256 g/mol. The van der Waals surface area contributed by atoms with Gasteiger partial charge in [-0.3, -0.25) is 4.79 Å². The highest BCUT2D eigenvalue weighted by molar-refractivity contribution is 5.76. The third-order valence-electron chi connectivity index (χ3n) is 3.70. The minimum atomic E-state index is -0.179. The van der Waals surface area contributed by atoms with Gasteiger partial charge in [0.25, 0.3) is 0 Å². The number of hydrogen-bond donors (Lipinski definition) is 2. The molecule has 0 radical (unpaired) electrons. The van der Waals surface area contributed by atoms with Gasteiger partial charge in [-0.05, 0) is 59.0 Å². The van der Waals surface area contributed by atoms with Crippen molar-refractivity contribution in [3.8, 4) is 0 Å². The number of nitrogens with one attached hydrogen (secondary N) is 2. The van der Waals surface area contributed by atoms with E-state index in [0.29, 0.717) is 12.3 Å². The Kier molecular flexibility index (Phi) is 6.09. The van der Waals surface area contributed by atoms with Crippen molar-refractivity contribution in [1.29, 1.82) is 0 Å². The SMILES string of the molecule is COC(C)(C)CC(C)NC(=O)CCC1CCNC1. The van der Waals surface area contributed by atoms with Crippen LogP contribution in [0.15, 0.2) is 0 Å². The minimum absolute atomic E-state index is 0.161. The van der Waals surface area contributed by atoms with E-state index in [2.05, 4.69) is 10.6 Å². The molecule has 0 spiro atoms. The van der Waals surface area contributed by atoms with Gasteiger partial charge in [0.2, 0.25) is 5.91 Å². The number of rotatable bonds is 7. The first-order valence-corrected chi connectivity index (χ1v) is 6.98. The zero-order chi connectivity index (χ0) is 13.6. The van der Waals surface area contributed by atoms with E-state index in [1.807, 2.05) is 20.8 Å². The quantitative estimate of drug-likeness (QED) is 0.729. The first-order valence-electron chi connectivity index (χ1n) is 6.98. The van der Waals surface area contributed by atoms with Crippen LogP contribution >= 0.6 is 0 Å². The topological polar surface area (TPSA) is 50.4 Å². The second-order valence-electron chi connectivity index (χ2n) is 6.03. The summed E-state index contributed by atoms with van der Waals surface area (Å²) in [5.74, 6) is 0.850. The summed E-state index contributed by atoms with van der Waals surface area (Å²) in [6, 6.07) is 0.161. The molecule has 0 saturated carbocycles. The molecule has 1 aliphatic heterocycles. The molecule has 1 fully saturated rings. The predicted octanol–water partition coefficient (Wildman–Crippen LogP) is 1.70. The Bertz CT molecular complexity index is 261. The maximum atomic E-state index is 11.8. The highest BCUT2D eigenvalue weighted by atomic mass is 16.5. The van der Waals surface area contributed by atoms with Crippen LogP contribution in [0.5, 0.6) is 0 Å². The molecule has 0 aromatic carbocycles. The lowest BCUT2D eigenvalue weighted by Gasteiger charge is -2.27. The zero-order valence-electron chi connectivity index (χ0n) is 12.2. The Morgan fingerprint density at radius 2 is 2.28 bits per heavy atom. The van der Waals surface area contributed by atoms with Gasteiger partial charge < -0.3 is 15.4 Å². The van der Waals surface area contributed by atoms with Crippen molar-refractivity contribution in [2.75, 3.05) is 20.2 Å². The number of hydrogen-bond acceptors (Lipinski definition) is 3. The smallest absolute Gasteiger partial charge is 0.220 e. The van der Waals surface area contributed by atoms with Crippen molar-refractivity contribution in [2.24, 2.45) is 5.92 Å². The molecule has 0 aromatic heterocycles. The molecule has 0 aliphatic carbocycles. The molecule has 2 atom stereocenters. The molecule has 1 saturated heterocycles. The van der Waals surface area contributed by atoms with Crippen molar-refractivity contribution >= 4 is 5.91 Å². The third-order valence-corrected chi connectivity index (χ3v) is 3.70. The van der Waals surface area contributed by atoms with E-state index in [4.69, 9.17) is 4.74 Å². The fourth-order valence-corrected chi connectivity index (χ4v) is 2.51. The van der Waals surface area contributed by atoms with E-state index in [-0.39, 0.29) is 17.6 Å². The van der Waals surface area contributed by atoms with Gasteiger partial charge in [-0.15, -0.1) is 0 Å². The van der Waals surface area contributed by atoms with Gasteiger partial charge in [0.15, 0.2) is 0 Å². The molecule has 0 aromatic rings. The molecule has 4 heteroatoms. The Morgan fingerprint density at radius 3 is 2.83 bits per heavy atom. The molecule has 2 unspecified atom stereocenters. The summed E-state index contributed by atoms with van der Waals surface area (Å²) in [7, 11) is 1.71. The summed E-state index contributed by atoms with van der Waals surface area (Å²) in [4.78, 5) is 11.8. The second-order valence-corrected chi connectivity index (χ2v) is 6.03. The van der Waals surface area contributed by atoms with Crippen LogP contribution in [-0.4, -0.2) is 37.7 Å². The van der Waals surface area contributed by atoms with Gasteiger partial charge in [-0.1, -0.05) is 0 Å². The Morgan fingerprint density at radius 1 is 1.56 bits per heavy atom. The number of amides is 1. The standard InChI is InChI=1S/C14H28N2O2/c1-11(9-14(2,3)18-4)16-13(17)6-5-12-7-8-15-10-12/h11-12,15H,5-10H2,1-4H3,(H,16,17). The number of carbonyl (C=O) groups excluding carboxylic acids is 1. The molecule has 0 bridgehead atoms. The number of carbonyl (C=O) groups is 1. The molecule has 1 heterocycles. The van der Waals surface area contributed by atoms with E-state index in [0.717, 1.165) is 25.9 Å². The average Bonchev–Trinajstić information content (AvgIpc) is 2.78. The highest BCUT2D eigenvalue weighted by Gasteiger charge is 2.21.